The molecule has 0 amide bonds. The number of allylic oxidation sites excluding steroid dienone is 4. The lowest BCUT2D eigenvalue weighted by molar-refractivity contribution is 0.282. The SMILES string of the molecule is CCCCCCC/C=C/C=C/CCCCCCCO. The average molecular weight is 266 g/mol. The van der Waals surface area contributed by atoms with Gasteiger partial charge in [0.05, 0.1) is 0 Å². The highest BCUT2D eigenvalue weighted by molar-refractivity contribution is 5.02. The maximum atomic E-state index is 8.65. The standard InChI is InChI=1S/C18H34O/c1-2-3-4-5-6-7-8-9-10-11-12-13-14-15-16-17-18-19/h8-11,19H,2-7,12-18H2,1H3/b9-8+,11-10+. The summed E-state index contributed by atoms with van der Waals surface area (Å²) >= 11 is 0. The molecule has 0 fully saturated rings. The molecule has 0 radical (unpaired) electrons. The van der Waals surface area contributed by atoms with Crippen LogP contribution in [0.2, 0.25) is 0 Å². The summed E-state index contributed by atoms with van der Waals surface area (Å²) in [7, 11) is 0. The van der Waals surface area contributed by atoms with Crippen molar-refractivity contribution in [2.45, 2.75) is 84.0 Å². The van der Waals surface area contributed by atoms with Crippen LogP contribution in [-0.2, 0) is 0 Å². The average Bonchev–Trinajstić information content (AvgIpc) is 2.43. The minimum atomic E-state index is 0.350. The van der Waals surface area contributed by atoms with Crippen molar-refractivity contribution in [2.24, 2.45) is 0 Å². The third-order valence-corrected chi connectivity index (χ3v) is 3.39. The van der Waals surface area contributed by atoms with Gasteiger partial charge in [0, 0.05) is 6.61 Å². The van der Waals surface area contributed by atoms with Crippen LogP contribution in [0.4, 0.5) is 0 Å². The van der Waals surface area contributed by atoms with Crippen LogP contribution in [0.5, 0.6) is 0 Å². The molecule has 0 heterocycles. The fraction of sp³-hybridized carbons (Fsp3) is 0.778. The Morgan fingerprint density at radius 2 is 1.11 bits per heavy atom. The van der Waals surface area contributed by atoms with Crippen LogP contribution in [0.15, 0.2) is 24.3 Å². The van der Waals surface area contributed by atoms with Crippen molar-refractivity contribution in [3.63, 3.8) is 0 Å². The molecule has 112 valence electrons. The Morgan fingerprint density at radius 3 is 1.63 bits per heavy atom. The number of rotatable bonds is 14. The molecule has 0 saturated heterocycles. The number of aliphatic hydroxyl groups is 1. The van der Waals surface area contributed by atoms with Crippen molar-refractivity contribution in [2.75, 3.05) is 6.61 Å². The van der Waals surface area contributed by atoms with Gasteiger partial charge in [0.2, 0.25) is 0 Å². The first-order valence-electron chi connectivity index (χ1n) is 8.34. The summed E-state index contributed by atoms with van der Waals surface area (Å²) in [4.78, 5) is 0. The summed E-state index contributed by atoms with van der Waals surface area (Å²) in [5.74, 6) is 0. The molecule has 0 atom stereocenters. The second-order valence-corrected chi connectivity index (χ2v) is 5.34. The van der Waals surface area contributed by atoms with E-state index in [9.17, 15) is 0 Å². The molecule has 0 unspecified atom stereocenters. The van der Waals surface area contributed by atoms with E-state index < -0.39 is 0 Å². The molecule has 1 nitrogen and oxygen atoms in total. The molecule has 0 saturated carbocycles. The Bertz CT molecular complexity index is 206. The third kappa shape index (κ3) is 17.4. The Kier molecular flexibility index (Phi) is 16.9. The highest BCUT2D eigenvalue weighted by atomic mass is 16.2. The van der Waals surface area contributed by atoms with Gasteiger partial charge in [-0.15, -0.1) is 0 Å². The first-order valence-corrected chi connectivity index (χ1v) is 8.34. The van der Waals surface area contributed by atoms with Gasteiger partial charge in [0.1, 0.15) is 0 Å². The Labute approximate surface area is 120 Å². The van der Waals surface area contributed by atoms with E-state index in [2.05, 4.69) is 31.2 Å². The van der Waals surface area contributed by atoms with Gasteiger partial charge in [-0.1, -0.05) is 76.2 Å². The molecule has 0 spiro atoms. The molecule has 0 aliphatic rings. The number of hydrogen-bond acceptors (Lipinski definition) is 1. The summed E-state index contributed by atoms with van der Waals surface area (Å²) < 4.78 is 0. The zero-order valence-corrected chi connectivity index (χ0v) is 12.9. The van der Waals surface area contributed by atoms with Gasteiger partial charge in [0.25, 0.3) is 0 Å². The number of hydrogen-bond donors (Lipinski definition) is 1. The first-order chi connectivity index (χ1) is 9.41. The van der Waals surface area contributed by atoms with Crippen molar-refractivity contribution in [3.8, 4) is 0 Å². The Hall–Kier alpha value is -0.560. The van der Waals surface area contributed by atoms with E-state index in [-0.39, 0.29) is 0 Å². The fourth-order valence-corrected chi connectivity index (χ4v) is 2.12. The topological polar surface area (TPSA) is 20.2 Å². The second-order valence-electron chi connectivity index (χ2n) is 5.34. The van der Waals surface area contributed by atoms with Crippen molar-refractivity contribution in [3.05, 3.63) is 24.3 Å². The van der Waals surface area contributed by atoms with Crippen molar-refractivity contribution in [1.29, 1.82) is 0 Å². The Morgan fingerprint density at radius 1 is 0.632 bits per heavy atom. The minimum absolute atomic E-state index is 0.350. The molecular formula is C18H34O. The minimum Gasteiger partial charge on any atom is -0.396 e. The number of aliphatic hydroxyl groups excluding tert-OH is 1. The van der Waals surface area contributed by atoms with Gasteiger partial charge in [-0.2, -0.15) is 0 Å². The van der Waals surface area contributed by atoms with Crippen LogP contribution in [-0.4, -0.2) is 11.7 Å². The molecule has 0 aromatic carbocycles. The van der Waals surface area contributed by atoms with Gasteiger partial charge in [-0.3, -0.25) is 0 Å². The maximum absolute atomic E-state index is 8.65. The predicted molar refractivity (Wildman–Crippen MR) is 86.4 cm³/mol. The second kappa shape index (κ2) is 17.4. The monoisotopic (exact) mass is 266 g/mol. The molecule has 19 heavy (non-hydrogen) atoms. The van der Waals surface area contributed by atoms with E-state index in [0.717, 1.165) is 6.42 Å². The molecule has 1 N–H and O–H groups in total. The van der Waals surface area contributed by atoms with E-state index in [0.29, 0.717) is 6.61 Å². The van der Waals surface area contributed by atoms with Crippen LogP contribution in [0.3, 0.4) is 0 Å². The zero-order chi connectivity index (χ0) is 14.0. The lowest BCUT2D eigenvalue weighted by atomic mass is 10.1. The summed E-state index contributed by atoms with van der Waals surface area (Å²) in [6.07, 6.45) is 24.2. The highest BCUT2D eigenvalue weighted by Gasteiger charge is 1.88. The van der Waals surface area contributed by atoms with E-state index in [4.69, 9.17) is 5.11 Å². The van der Waals surface area contributed by atoms with Crippen LogP contribution in [0, 0.1) is 0 Å². The van der Waals surface area contributed by atoms with Crippen molar-refractivity contribution in [1.82, 2.24) is 0 Å². The molecule has 0 aromatic rings. The van der Waals surface area contributed by atoms with Crippen LogP contribution in [0.25, 0.3) is 0 Å². The van der Waals surface area contributed by atoms with Crippen molar-refractivity contribution >= 4 is 0 Å². The molecule has 0 aromatic heterocycles. The van der Waals surface area contributed by atoms with Crippen LogP contribution < -0.4 is 0 Å². The highest BCUT2D eigenvalue weighted by Crippen LogP contribution is 2.06. The van der Waals surface area contributed by atoms with Crippen LogP contribution in [0.1, 0.15) is 84.0 Å². The summed E-state index contributed by atoms with van der Waals surface area (Å²) in [5.41, 5.74) is 0. The van der Waals surface area contributed by atoms with E-state index in [1.165, 1.54) is 70.6 Å². The summed E-state index contributed by atoms with van der Waals surface area (Å²) in [6, 6.07) is 0. The largest absolute Gasteiger partial charge is 0.396 e. The van der Waals surface area contributed by atoms with E-state index in [1.54, 1.807) is 0 Å². The predicted octanol–water partition coefficient (Wildman–Crippen LogP) is 5.79. The smallest absolute Gasteiger partial charge is 0.0431 e. The summed E-state index contributed by atoms with van der Waals surface area (Å²) in [5, 5.41) is 8.65. The molecule has 0 aliphatic heterocycles. The van der Waals surface area contributed by atoms with Gasteiger partial charge in [-0.25, -0.2) is 0 Å². The molecule has 0 bridgehead atoms. The molecule has 0 rings (SSSR count). The van der Waals surface area contributed by atoms with Gasteiger partial charge < -0.3 is 5.11 Å². The third-order valence-electron chi connectivity index (χ3n) is 3.39. The van der Waals surface area contributed by atoms with Gasteiger partial charge in [-0.05, 0) is 32.1 Å². The van der Waals surface area contributed by atoms with Crippen LogP contribution >= 0.6 is 0 Å². The number of unbranched alkanes of at least 4 members (excludes halogenated alkanes) is 10. The zero-order valence-electron chi connectivity index (χ0n) is 12.9. The van der Waals surface area contributed by atoms with Gasteiger partial charge >= 0.3 is 0 Å². The molecular weight excluding hydrogens is 232 g/mol. The van der Waals surface area contributed by atoms with E-state index >= 15 is 0 Å². The Balaban J connectivity index is 3.15. The lowest BCUT2D eigenvalue weighted by Crippen LogP contribution is -1.82. The van der Waals surface area contributed by atoms with Gasteiger partial charge in [0.15, 0.2) is 0 Å². The first kappa shape index (κ1) is 18.4. The maximum Gasteiger partial charge on any atom is 0.0431 e. The lowest BCUT2D eigenvalue weighted by Gasteiger charge is -1.97. The quantitative estimate of drug-likeness (QED) is 0.311. The molecule has 0 aliphatic carbocycles. The molecule has 1 heteroatoms. The normalized spacial score (nSPS) is 11.9. The van der Waals surface area contributed by atoms with E-state index in [1.807, 2.05) is 0 Å². The summed E-state index contributed by atoms with van der Waals surface area (Å²) in [6.45, 7) is 2.61. The van der Waals surface area contributed by atoms with Crippen molar-refractivity contribution < 1.29 is 5.11 Å². The fourth-order valence-electron chi connectivity index (χ4n) is 2.12.